The largest absolute Gasteiger partial charge is 0.0622 e. The summed E-state index contributed by atoms with van der Waals surface area (Å²) in [4.78, 5) is 0. The molecule has 2 aromatic rings. The first kappa shape index (κ1) is 8.49. The lowest BCUT2D eigenvalue weighted by molar-refractivity contribution is 1.58. The molecule has 0 heterocycles. The van der Waals surface area contributed by atoms with E-state index in [9.17, 15) is 0 Å². The normalized spacial score (nSPS) is 12.2. The van der Waals surface area contributed by atoms with E-state index in [1.54, 1.807) is 0 Å². The second kappa shape index (κ2) is 3.09. The molecule has 0 amide bonds. The van der Waals surface area contributed by atoms with Gasteiger partial charge in [0.2, 0.25) is 0 Å². The van der Waals surface area contributed by atoms with Gasteiger partial charge in [0.05, 0.1) is 0 Å². The lowest BCUT2D eigenvalue weighted by atomic mass is 10.1. The molecule has 0 aliphatic heterocycles. The van der Waals surface area contributed by atoms with Crippen molar-refractivity contribution in [3.63, 3.8) is 0 Å². The van der Waals surface area contributed by atoms with Crippen LogP contribution in [0.4, 0.5) is 0 Å². The van der Waals surface area contributed by atoms with Crippen molar-refractivity contribution in [2.24, 2.45) is 0 Å². The predicted molar refractivity (Wildman–Crippen MR) is 64.5 cm³/mol. The van der Waals surface area contributed by atoms with Crippen molar-refractivity contribution in [1.82, 2.24) is 0 Å². The molecular formula is C15H12. The zero-order valence-corrected chi connectivity index (χ0v) is 8.70. The van der Waals surface area contributed by atoms with Crippen molar-refractivity contribution >= 4 is 11.1 Å². The van der Waals surface area contributed by atoms with Crippen LogP contribution in [-0.2, 0) is 0 Å². The molecule has 0 saturated heterocycles. The molecule has 2 aromatic carbocycles. The van der Waals surface area contributed by atoms with Crippen LogP contribution in [0.1, 0.15) is 23.6 Å². The second-order valence-corrected chi connectivity index (χ2v) is 3.91. The van der Waals surface area contributed by atoms with Crippen LogP contribution in [0, 0.1) is 0 Å². The van der Waals surface area contributed by atoms with E-state index in [1.807, 2.05) is 0 Å². The summed E-state index contributed by atoms with van der Waals surface area (Å²) in [6.07, 6.45) is 0. The Balaban J connectivity index is 2.09. The van der Waals surface area contributed by atoms with Crippen LogP contribution in [-0.4, -0.2) is 0 Å². The van der Waals surface area contributed by atoms with Gasteiger partial charge in [0.15, 0.2) is 0 Å². The molecule has 0 spiro atoms. The van der Waals surface area contributed by atoms with Crippen molar-refractivity contribution in [1.29, 1.82) is 0 Å². The molecule has 0 heteroatoms. The van der Waals surface area contributed by atoms with Crippen LogP contribution in [0.25, 0.3) is 11.1 Å². The average Bonchev–Trinajstić information content (AvgIpc) is 3.03. The summed E-state index contributed by atoms with van der Waals surface area (Å²) in [6.45, 7) is 2.20. The summed E-state index contributed by atoms with van der Waals surface area (Å²) >= 11 is 0. The maximum absolute atomic E-state index is 2.20. The molecule has 0 N–H and O–H groups in total. The third-order valence-electron chi connectivity index (χ3n) is 2.99. The molecule has 1 aliphatic rings. The molecule has 3 rings (SSSR count). The van der Waals surface area contributed by atoms with Crippen molar-refractivity contribution in [3.05, 3.63) is 71.3 Å². The Bertz CT molecular complexity index is 508. The fourth-order valence-electron chi connectivity index (χ4n) is 2.10. The van der Waals surface area contributed by atoms with E-state index in [0.717, 1.165) is 0 Å². The quantitative estimate of drug-likeness (QED) is 0.547. The molecule has 0 bridgehead atoms. The van der Waals surface area contributed by atoms with Gasteiger partial charge in [0.25, 0.3) is 0 Å². The van der Waals surface area contributed by atoms with E-state index >= 15 is 0 Å². The lowest BCUT2D eigenvalue weighted by Crippen LogP contribution is -1.76. The van der Waals surface area contributed by atoms with Crippen LogP contribution in [0.5, 0.6) is 0 Å². The predicted octanol–water partition coefficient (Wildman–Crippen LogP) is 3.98. The van der Waals surface area contributed by atoms with Crippen LogP contribution in [0.2, 0.25) is 0 Å². The first-order valence-electron chi connectivity index (χ1n) is 5.24. The number of allylic oxidation sites excluding steroid dienone is 1. The second-order valence-electron chi connectivity index (χ2n) is 3.91. The Morgan fingerprint density at radius 2 is 1.27 bits per heavy atom. The summed E-state index contributed by atoms with van der Waals surface area (Å²) in [5.41, 5.74) is 6.98. The summed E-state index contributed by atoms with van der Waals surface area (Å²) in [5.74, 6) is 0. The Morgan fingerprint density at radius 3 is 1.87 bits per heavy atom. The zero-order chi connectivity index (χ0) is 10.3. The van der Waals surface area contributed by atoms with Crippen molar-refractivity contribution < 1.29 is 0 Å². The highest BCUT2D eigenvalue weighted by Crippen LogP contribution is 2.46. The first-order chi connectivity index (χ1) is 7.38. The molecule has 72 valence electrons. The Labute approximate surface area is 89.9 Å². The van der Waals surface area contributed by atoms with Gasteiger partial charge in [-0.25, -0.2) is 0 Å². The maximum Gasteiger partial charge on any atom is -0.00637 e. The molecule has 0 saturated carbocycles. The van der Waals surface area contributed by atoms with Crippen molar-refractivity contribution in [2.75, 3.05) is 0 Å². The van der Waals surface area contributed by atoms with E-state index in [-0.39, 0.29) is 0 Å². The van der Waals surface area contributed by atoms with Gasteiger partial charge < -0.3 is 0 Å². The molecule has 1 aliphatic carbocycles. The molecule has 0 unspecified atom stereocenters. The van der Waals surface area contributed by atoms with E-state index in [2.05, 4.69) is 61.5 Å². The summed E-state index contributed by atoms with van der Waals surface area (Å²) in [5, 5.41) is 0. The lowest BCUT2D eigenvalue weighted by Gasteiger charge is -1.98. The molecule has 0 radical (unpaired) electrons. The summed E-state index contributed by atoms with van der Waals surface area (Å²) < 4.78 is 0. The fourth-order valence-corrected chi connectivity index (χ4v) is 2.10. The number of hydrogen-bond acceptors (Lipinski definition) is 0. The van der Waals surface area contributed by atoms with Gasteiger partial charge in [-0.1, -0.05) is 54.6 Å². The third kappa shape index (κ3) is 1.30. The van der Waals surface area contributed by atoms with E-state index in [0.29, 0.717) is 0 Å². The number of rotatable bonds is 1. The standard InChI is InChI=1S/C15H12/c1-11(12-7-3-2-4-8-12)15-13-9-5-6-10-14(13)15/h2-10H,1H3. The van der Waals surface area contributed by atoms with E-state index in [4.69, 9.17) is 0 Å². The van der Waals surface area contributed by atoms with Gasteiger partial charge in [-0.3, -0.25) is 0 Å². The highest BCUT2D eigenvalue weighted by molar-refractivity contribution is 6.11. The molecule has 15 heavy (non-hydrogen) atoms. The number of hydrogen-bond donors (Lipinski definition) is 0. The number of fused-ring (bicyclic) bond motifs is 1. The van der Waals surface area contributed by atoms with Gasteiger partial charge in [-0.15, -0.1) is 0 Å². The zero-order valence-electron chi connectivity index (χ0n) is 8.70. The summed E-state index contributed by atoms with van der Waals surface area (Å²) in [7, 11) is 0. The average molecular weight is 192 g/mol. The minimum absolute atomic E-state index is 1.32. The molecule has 0 nitrogen and oxygen atoms in total. The monoisotopic (exact) mass is 192 g/mol. The highest BCUT2D eigenvalue weighted by atomic mass is 14.3. The fraction of sp³-hybridized carbons (Fsp3) is 0.0667. The number of benzene rings is 2. The molecule has 0 atom stereocenters. The Kier molecular flexibility index (Phi) is 1.75. The van der Waals surface area contributed by atoms with E-state index in [1.165, 1.54) is 27.8 Å². The van der Waals surface area contributed by atoms with E-state index < -0.39 is 0 Å². The highest BCUT2D eigenvalue weighted by Gasteiger charge is 2.26. The first-order valence-corrected chi connectivity index (χ1v) is 5.24. The maximum atomic E-state index is 2.20. The SMILES string of the molecule is CC(=C1c2ccccc21)c1ccccc1. The minimum atomic E-state index is 1.32. The molecular weight excluding hydrogens is 180 g/mol. The molecule has 0 fully saturated rings. The smallest absolute Gasteiger partial charge is 0.00637 e. The van der Waals surface area contributed by atoms with Crippen molar-refractivity contribution in [3.8, 4) is 0 Å². The van der Waals surface area contributed by atoms with Crippen LogP contribution in [0.3, 0.4) is 0 Å². The van der Waals surface area contributed by atoms with Gasteiger partial charge in [0, 0.05) is 0 Å². The van der Waals surface area contributed by atoms with Crippen LogP contribution < -0.4 is 0 Å². The van der Waals surface area contributed by atoms with Gasteiger partial charge in [0.1, 0.15) is 0 Å². The topological polar surface area (TPSA) is 0 Å². The van der Waals surface area contributed by atoms with Gasteiger partial charge in [-0.2, -0.15) is 0 Å². The van der Waals surface area contributed by atoms with Crippen molar-refractivity contribution in [2.45, 2.75) is 6.92 Å². The Hall–Kier alpha value is -1.82. The minimum Gasteiger partial charge on any atom is -0.0622 e. The Morgan fingerprint density at radius 1 is 0.733 bits per heavy atom. The van der Waals surface area contributed by atoms with Crippen LogP contribution >= 0.6 is 0 Å². The molecule has 0 aromatic heterocycles. The van der Waals surface area contributed by atoms with Gasteiger partial charge in [-0.05, 0) is 34.8 Å². The third-order valence-corrected chi connectivity index (χ3v) is 2.99. The van der Waals surface area contributed by atoms with Gasteiger partial charge >= 0.3 is 0 Å². The summed E-state index contributed by atoms with van der Waals surface area (Å²) in [6, 6.07) is 19.2. The van der Waals surface area contributed by atoms with Crippen LogP contribution in [0.15, 0.2) is 54.6 Å².